The van der Waals surface area contributed by atoms with Gasteiger partial charge in [-0.1, -0.05) is 35.5 Å². The monoisotopic (exact) mass is 351 g/mol. The molecule has 7 heteroatoms. The molecule has 3 heterocycles. The quantitative estimate of drug-likeness (QED) is 0.729. The second-order valence-corrected chi connectivity index (χ2v) is 6.54. The zero-order valence-electron chi connectivity index (χ0n) is 14.4. The van der Waals surface area contributed by atoms with E-state index in [-0.39, 0.29) is 12.1 Å². The molecule has 0 amide bonds. The predicted octanol–water partition coefficient (Wildman–Crippen LogP) is 2.27. The molecule has 2 atom stereocenters. The van der Waals surface area contributed by atoms with Gasteiger partial charge >= 0.3 is 0 Å². The van der Waals surface area contributed by atoms with E-state index in [2.05, 4.69) is 49.3 Å². The lowest BCUT2D eigenvalue weighted by atomic mass is 10.1. The maximum absolute atomic E-state index is 10.1. The molecule has 1 aromatic carbocycles. The second-order valence-electron chi connectivity index (χ2n) is 6.54. The highest BCUT2D eigenvalue weighted by atomic mass is 16.5. The Morgan fingerprint density at radius 3 is 2.88 bits per heavy atom. The van der Waals surface area contributed by atoms with Crippen LogP contribution >= 0.6 is 0 Å². The van der Waals surface area contributed by atoms with Crippen molar-refractivity contribution in [2.24, 2.45) is 0 Å². The van der Waals surface area contributed by atoms with Crippen LogP contribution in [0.3, 0.4) is 0 Å². The van der Waals surface area contributed by atoms with Crippen molar-refractivity contribution >= 4 is 0 Å². The van der Waals surface area contributed by atoms with Crippen molar-refractivity contribution in [1.29, 1.82) is 0 Å². The summed E-state index contributed by atoms with van der Waals surface area (Å²) in [6.45, 7) is 1.50. The van der Waals surface area contributed by atoms with E-state index in [4.69, 9.17) is 4.52 Å². The van der Waals surface area contributed by atoms with Gasteiger partial charge < -0.3 is 9.63 Å². The number of likely N-dealkylation sites (tertiary alicyclic amines) is 1. The van der Waals surface area contributed by atoms with Crippen LogP contribution in [0.4, 0.5) is 0 Å². The van der Waals surface area contributed by atoms with Gasteiger partial charge in [0.25, 0.3) is 0 Å². The summed E-state index contributed by atoms with van der Waals surface area (Å²) in [7, 11) is 0. The second kappa shape index (κ2) is 7.72. The topological polar surface area (TPSA) is 88.2 Å². The lowest BCUT2D eigenvalue weighted by Crippen LogP contribution is -2.26. The zero-order chi connectivity index (χ0) is 17.8. The number of rotatable bonds is 6. The van der Waals surface area contributed by atoms with E-state index < -0.39 is 0 Å². The fourth-order valence-corrected chi connectivity index (χ4v) is 3.40. The number of nitrogens with zero attached hydrogens (tertiary/aromatic N) is 5. The molecule has 1 N–H and O–H groups in total. The zero-order valence-corrected chi connectivity index (χ0v) is 14.4. The van der Waals surface area contributed by atoms with Crippen molar-refractivity contribution in [3.8, 4) is 11.5 Å². The van der Waals surface area contributed by atoms with Crippen LogP contribution in [0.25, 0.3) is 11.5 Å². The van der Waals surface area contributed by atoms with Gasteiger partial charge in [-0.3, -0.25) is 9.88 Å². The Morgan fingerprint density at radius 1 is 1.19 bits per heavy atom. The molecule has 0 radical (unpaired) electrons. The molecule has 2 unspecified atom stereocenters. The van der Waals surface area contributed by atoms with E-state index in [1.807, 2.05) is 6.07 Å². The molecule has 3 aromatic rings. The highest BCUT2D eigenvalue weighted by Crippen LogP contribution is 2.32. The fraction of sp³-hybridized carbons (Fsp3) is 0.368. The van der Waals surface area contributed by atoms with E-state index in [0.717, 1.165) is 19.4 Å². The van der Waals surface area contributed by atoms with Gasteiger partial charge in [0.15, 0.2) is 0 Å². The summed E-state index contributed by atoms with van der Waals surface area (Å²) < 4.78 is 5.46. The van der Waals surface area contributed by atoms with E-state index in [0.29, 0.717) is 30.4 Å². The van der Waals surface area contributed by atoms with Crippen molar-refractivity contribution in [3.63, 3.8) is 0 Å². The maximum Gasteiger partial charge on any atom is 0.244 e. The molecule has 1 fully saturated rings. The van der Waals surface area contributed by atoms with Crippen molar-refractivity contribution in [3.05, 3.63) is 60.4 Å². The predicted molar refractivity (Wildman–Crippen MR) is 95.0 cm³/mol. The molecule has 2 aromatic heterocycles. The maximum atomic E-state index is 10.1. The third-order valence-electron chi connectivity index (χ3n) is 4.65. The molecule has 134 valence electrons. The summed E-state index contributed by atoms with van der Waals surface area (Å²) in [5, 5.41) is 14.1. The van der Waals surface area contributed by atoms with Crippen LogP contribution in [0.1, 0.15) is 30.3 Å². The van der Waals surface area contributed by atoms with Crippen molar-refractivity contribution in [1.82, 2.24) is 25.0 Å². The Morgan fingerprint density at radius 2 is 2.08 bits per heavy atom. The molecule has 4 rings (SSSR count). The Balaban J connectivity index is 1.42. The Bertz CT molecular complexity index is 824. The molecule has 0 aliphatic carbocycles. The molecule has 1 aliphatic rings. The first-order valence-electron chi connectivity index (χ1n) is 8.85. The lowest BCUT2D eigenvalue weighted by molar-refractivity contribution is 0.172. The van der Waals surface area contributed by atoms with Gasteiger partial charge in [0.1, 0.15) is 5.69 Å². The third kappa shape index (κ3) is 3.79. The largest absolute Gasteiger partial charge is 0.392 e. The lowest BCUT2D eigenvalue weighted by Gasteiger charge is -2.20. The van der Waals surface area contributed by atoms with E-state index in [9.17, 15) is 5.11 Å². The van der Waals surface area contributed by atoms with Gasteiger partial charge in [0, 0.05) is 18.9 Å². The Kier molecular flexibility index (Phi) is 4.99. The summed E-state index contributed by atoms with van der Waals surface area (Å²) in [5.41, 5.74) is 1.91. The summed E-state index contributed by atoms with van der Waals surface area (Å²) in [6, 6.07) is 10.4. The van der Waals surface area contributed by atoms with Gasteiger partial charge in [-0.2, -0.15) is 4.98 Å². The number of hydrogen-bond acceptors (Lipinski definition) is 7. The SMILES string of the molecule is OC1CC(c2nc(-c3cnccn3)no2)N(CCCc2ccccc2)C1. The number of β-amino-alcohol motifs (C(OH)–C–C–N with tert-alkyl or cyclic N) is 1. The van der Waals surface area contributed by atoms with Gasteiger partial charge in [0.2, 0.25) is 11.7 Å². The number of aliphatic hydroxyl groups excluding tert-OH is 1. The minimum absolute atomic E-state index is 0.0568. The van der Waals surface area contributed by atoms with Crippen LogP contribution in [-0.2, 0) is 6.42 Å². The molecule has 26 heavy (non-hydrogen) atoms. The van der Waals surface area contributed by atoms with Crippen LogP contribution in [-0.4, -0.2) is 49.3 Å². The van der Waals surface area contributed by atoms with Crippen LogP contribution in [0.15, 0.2) is 53.4 Å². The molecule has 1 saturated heterocycles. The minimum atomic E-state index is -0.372. The molecule has 1 aliphatic heterocycles. The first-order chi connectivity index (χ1) is 12.8. The van der Waals surface area contributed by atoms with Gasteiger partial charge in [-0.25, -0.2) is 4.98 Å². The molecule has 0 saturated carbocycles. The summed E-state index contributed by atoms with van der Waals surface area (Å²) in [5.74, 6) is 0.959. The highest BCUT2D eigenvalue weighted by molar-refractivity contribution is 5.45. The first-order valence-corrected chi connectivity index (χ1v) is 8.85. The molecule has 0 bridgehead atoms. The van der Waals surface area contributed by atoms with Crippen LogP contribution < -0.4 is 0 Å². The minimum Gasteiger partial charge on any atom is -0.392 e. The van der Waals surface area contributed by atoms with Crippen molar-refractivity contribution in [2.75, 3.05) is 13.1 Å². The first kappa shape index (κ1) is 16.8. The van der Waals surface area contributed by atoms with Crippen LogP contribution in [0, 0.1) is 0 Å². The summed E-state index contributed by atoms with van der Waals surface area (Å²) in [6.07, 6.45) is 7.06. The number of hydrogen-bond donors (Lipinski definition) is 1. The molecular formula is C19H21N5O2. The molecule has 0 spiro atoms. The van der Waals surface area contributed by atoms with Gasteiger partial charge in [-0.05, 0) is 31.4 Å². The van der Waals surface area contributed by atoms with Crippen molar-refractivity contribution in [2.45, 2.75) is 31.4 Å². The average Bonchev–Trinajstić information content (AvgIpc) is 3.30. The van der Waals surface area contributed by atoms with Gasteiger partial charge in [0.05, 0.1) is 18.3 Å². The third-order valence-corrected chi connectivity index (χ3v) is 4.65. The normalized spacial score (nSPS) is 20.5. The van der Waals surface area contributed by atoms with Crippen molar-refractivity contribution < 1.29 is 9.63 Å². The Labute approximate surface area is 151 Å². The number of benzene rings is 1. The summed E-state index contributed by atoms with van der Waals surface area (Å²) in [4.78, 5) is 14.9. The number of aliphatic hydroxyl groups is 1. The van der Waals surface area contributed by atoms with E-state index in [1.165, 1.54) is 5.56 Å². The van der Waals surface area contributed by atoms with Crippen LogP contribution in [0.5, 0.6) is 0 Å². The number of aromatic nitrogens is 4. The van der Waals surface area contributed by atoms with E-state index in [1.54, 1.807) is 18.6 Å². The molecule has 7 nitrogen and oxygen atoms in total. The fourth-order valence-electron chi connectivity index (χ4n) is 3.40. The summed E-state index contributed by atoms with van der Waals surface area (Å²) >= 11 is 0. The van der Waals surface area contributed by atoms with E-state index >= 15 is 0 Å². The average molecular weight is 351 g/mol. The smallest absolute Gasteiger partial charge is 0.244 e. The number of aryl methyl sites for hydroxylation is 1. The van der Waals surface area contributed by atoms with Gasteiger partial charge in [-0.15, -0.1) is 0 Å². The molecular weight excluding hydrogens is 330 g/mol. The van der Waals surface area contributed by atoms with Crippen LogP contribution in [0.2, 0.25) is 0 Å². The Hall–Kier alpha value is -2.64. The highest BCUT2D eigenvalue weighted by Gasteiger charge is 2.35. The standard InChI is InChI=1S/C19H21N5O2/c25-15-11-17(19-22-18(23-26-19)16-12-20-8-9-21-16)24(13-15)10-4-7-14-5-2-1-3-6-14/h1-3,5-6,8-9,12,15,17,25H,4,7,10-11,13H2.